The molecule has 2 heterocycles. The van der Waals surface area contributed by atoms with E-state index in [9.17, 15) is 4.79 Å². The van der Waals surface area contributed by atoms with E-state index in [4.69, 9.17) is 11.6 Å². The lowest BCUT2D eigenvalue weighted by atomic mass is 10.1. The van der Waals surface area contributed by atoms with Crippen LogP contribution in [0.5, 0.6) is 0 Å². The maximum Gasteiger partial charge on any atom is 0.243 e. The van der Waals surface area contributed by atoms with Crippen molar-refractivity contribution in [2.75, 3.05) is 11.9 Å². The fourth-order valence-corrected chi connectivity index (χ4v) is 3.75. The average Bonchev–Trinajstić information content (AvgIpc) is 3.12. The van der Waals surface area contributed by atoms with E-state index in [1.807, 2.05) is 31.2 Å². The first kappa shape index (κ1) is 18.2. The first-order chi connectivity index (χ1) is 10.6. The van der Waals surface area contributed by atoms with Crippen LogP contribution in [0.25, 0.3) is 0 Å². The summed E-state index contributed by atoms with van der Waals surface area (Å²) in [5, 5.41) is 7.54. The normalized spacial score (nSPS) is 16.9. The maximum atomic E-state index is 12.1. The molecule has 1 amide bonds. The van der Waals surface area contributed by atoms with Crippen LogP contribution in [0.1, 0.15) is 29.0 Å². The van der Waals surface area contributed by atoms with Crippen molar-refractivity contribution in [1.82, 2.24) is 10.3 Å². The van der Waals surface area contributed by atoms with E-state index < -0.39 is 0 Å². The Morgan fingerprint density at radius 3 is 2.96 bits per heavy atom. The van der Waals surface area contributed by atoms with Gasteiger partial charge in [0.25, 0.3) is 0 Å². The fourth-order valence-electron chi connectivity index (χ4n) is 2.56. The fraction of sp³-hybridized carbons (Fsp3) is 0.375. The maximum absolute atomic E-state index is 12.1. The molecule has 4 nitrogen and oxygen atoms in total. The molecule has 124 valence electrons. The van der Waals surface area contributed by atoms with Gasteiger partial charge in [-0.05, 0) is 37.9 Å². The minimum atomic E-state index is -0.0868. The van der Waals surface area contributed by atoms with Crippen molar-refractivity contribution >= 4 is 46.4 Å². The van der Waals surface area contributed by atoms with Crippen molar-refractivity contribution < 1.29 is 4.79 Å². The van der Waals surface area contributed by atoms with E-state index in [1.165, 1.54) is 11.3 Å². The highest BCUT2D eigenvalue weighted by Gasteiger charge is 2.23. The van der Waals surface area contributed by atoms with Crippen LogP contribution in [0.4, 0.5) is 5.13 Å². The Hall–Kier alpha value is -1.14. The van der Waals surface area contributed by atoms with Crippen LogP contribution in [0.3, 0.4) is 0 Å². The van der Waals surface area contributed by atoms with Crippen molar-refractivity contribution in [1.29, 1.82) is 0 Å². The van der Waals surface area contributed by atoms with Gasteiger partial charge in [-0.25, -0.2) is 4.98 Å². The van der Waals surface area contributed by atoms with Gasteiger partial charge in [-0.2, -0.15) is 0 Å². The summed E-state index contributed by atoms with van der Waals surface area (Å²) in [5.74, 6) is 0.00976. The van der Waals surface area contributed by atoms with E-state index in [0.29, 0.717) is 5.13 Å². The number of halogens is 2. The van der Waals surface area contributed by atoms with Gasteiger partial charge in [-0.15, -0.1) is 23.7 Å². The smallest absolute Gasteiger partial charge is 0.243 e. The molecule has 2 N–H and O–H groups in total. The molecule has 7 heteroatoms. The number of carbonyl (C=O) groups is 1. The molecular weight excluding hydrogens is 353 g/mol. The summed E-state index contributed by atoms with van der Waals surface area (Å²) in [6, 6.07) is 7.72. The summed E-state index contributed by atoms with van der Waals surface area (Å²) in [6.07, 6.45) is 2.68. The van der Waals surface area contributed by atoms with Crippen molar-refractivity contribution in [3.63, 3.8) is 0 Å². The Bertz CT molecular complexity index is 684. The lowest BCUT2D eigenvalue weighted by Crippen LogP contribution is -2.35. The molecule has 0 saturated carbocycles. The summed E-state index contributed by atoms with van der Waals surface area (Å²) in [6.45, 7) is 2.87. The van der Waals surface area contributed by atoms with E-state index in [-0.39, 0.29) is 24.4 Å². The molecule has 0 aliphatic carbocycles. The zero-order valence-electron chi connectivity index (χ0n) is 12.8. The molecule has 1 aromatic heterocycles. The van der Waals surface area contributed by atoms with Crippen molar-refractivity contribution in [2.24, 2.45) is 0 Å². The predicted molar refractivity (Wildman–Crippen MR) is 98.0 cm³/mol. The van der Waals surface area contributed by atoms with Crippen LogP contribution in [-0.4, -0.2) is 23.5 Å². The number of rotatable bonds is 4. The van der Waals surface area contributed by atoms with E-state index >= 15 is 0 Å². The summed E-state index contributed by atoms with van der Waals surface area (Å²) in [5.41, 5.74) is 2.02. The number of hydrogen-bond acceptors (Lipinski definition) is 4. The van der Waals surface area contributed by atoms with E-state index in [0.717, 1.165) is 47.0 Å². The highest BCUT2D eigenvalue weighted by molar-refractivity contribution is 7.15. The van der Waals surface area contributed by atoms with Gasteiger partial charge in [0.15, 0.2) is 5.13 Å². The SMILES string of the molecule is Cc1nc(NC(=O)C2CCCN2)sc1Cc1ccccc1Cl.Cl. The second kappa shape index (κ2) is 8.11. The summed E-state index contributed by atoms with van der Waals surface area (Å²) in [7, 11) is 0. The Kier molecular flexibility index (Phi) is 6.41. The number of amides is 1. The topological polar surface area (TPSA) is 54.0 Å². The summed E-state index contributed by atoms with van der Waals surface area (Å²) < 4.78 is 0. The van der Waals surface area contributed by atoms with Gasteiger partial charge in [0.2, 0.25) is 5.91 Å². The van der Waals surface area contributed by atoms with E-state index in [1.54, 1.807) is 0 Å². The minimum absolute atomic E-state index is 0. The van der Waals surface area contributed by atoms with Crippen molar-refractivity contribution in [3.05, 3.63) is 45.4 Å². The molecule has 0 spiro atoms. The number of aromatic nitrogens is 1. The highest BCUT2D eigenvalue weighted by atomic mass is 35.5. The molecule has 0 radical (unpaired) electrons. The van der Waals surface area contributed by atoms with Crippen LogP contribution in [0, 0.1) is 6.92 Å². The molecule has 1 atom stereocenters. The third-order valence-electron chi connectivity index (χ3n) is 3.81. The molecule has 23 heavy (non-hydrogen) atoms. The second-order valence-electron chi connectivity index (χ2n) is 5.43. The number of hydrogen-bond donors (Lipinski definition) is 2. The van der Waals surface area contributed by atoms with Gasteiger partial charge >= 0.3 is 0 Å². The van der Waals surface area contributed by atoms with Gasteiger partial charge in [0.1, 0.15) is 0 Å². The largest absolute Gasteiger partial charge is 0.306 e. The van der Waals surface area contributed by atoms with Crippen LogP contribution in [0.15, 0.2) is 24.3 Å². The molecular formula is C16H19Cl2N3OS. The molecule has 1 unspecified atom stereocenters. The molecule has 0 bridgehead atoms. The highest BCUT2D eigenvalue weighted by Crippen LogP contribution is 2.28. The lowest BCUT2D eigenvalue weighted by molar-refractivity contribution is -0.117. The Labute approximate surface area is 151 Å². The minimum Gasteiger partial charge on any atom is -0.306 e. The van der Waals surface area contributed by atoms with Gasteiger partial charge < -0.3 is 10.6 Å². The van der Waals surface area contributed by atoms with Crippen molar-refractivity contribution in [3.8, 4) is 0 Å². The Balaban J connectivity index is 0.00000192. The monoisotopic (exact) mass is 371 g/mol. The zero-order chi connectivity index (χ0) is 15.5. The molecule has 1 saturated heterocycles. The number of nitrogens with one attached hydrogen (secondary N) is 2. The predicted octanol–water partition coefficient (Wildman–Crippen LogP) is 3.81. The lowest BCUT2D eigenvalue weighted by Gasteiger charge is -2.08. The van der Waals surface area contributed by atoms with Gasteiger partial charge in [-0.3, -0.25) is 4.79 Å². The molecule has 2 aromatic rings. The van der Waals surface area contributed by atoms with Crippen molar-refractivity contribution in [2.45, 2.75) is 32.2 Å². The van der Waals surface area contributed by atoms with Gasteiger partial charge in [-0.1, -0.05) is 29.8 Å². The average molecular weight is 372 g/mol. The molecule has 3 rings (SSSR count). The number of aryl methyl sites for hydroxylation is 1. The molecule has 1 fully saturated rings. The van der Waals surface area contributed by atoms with Gasteiger partial charge in [0, 0.05) is 16.3 Å². The number of anilines is 1. The third-order valence-corrected chi connectivity index (χ3v) is 5.25. The Morgan fingerprint density at radius 1 is 1.48 bits per heavy atom. The molecule has 1 aliphatic rings. The summed E-state index contributed by atoms with van der Waals surface area (Å²) in [4.78, 5) is 17.7. The standard InChI is InChI=1S/C16H18ClN3OS.ClH/c1-10-14(9-11-5-2-3-6-12(11)17)22-16(19-10)20-15(21)13-7-4-8-18-13;/h2-3,5-6,13,18H,4,7-9H2,1H3,(H,19,20,21);1H. The number of benzene rings is 1. The van der Waals surface area contributed by atoms with Gasteiger partial charge in [0.05, 0.1) is 11.7 Å². The Morgan fingerprint density at radius 2 is 2.26 bits per heavy atom. The second-order valence-corrected chi connectivity index (χ2v) is 6.92. The van der Waals surface area contributed by atoms with Crippen LogP contribution in [-0.2, 0) is 11.2 Å². The first-order valence-corrected chi connectivity index (χ1v) is 8.57. The third kappa shape index (κ3) is 4.44. The first-order valence-electron chi connectivity index (χ1n) is 7.37. The quantitative estimate of drug-likeness (QED) is 0.858. The van der Waals surface area contributed by atoms with Crippen LogP contribution in [0.2, 0.25) is 5.02 Å². The zero-order valence-corrected chi connectivity index (χ0v) is 15.2. The molecule has 1 aliphatic heterocycles. The summed E-state index contributed by atoms with van der Waals surface area (Å²) >= 11 is 7.73. The number of nitrogens with zero attached hydrogens (tertiary/aromatic N) is 1. The van der Waals surface area contributed by atoms with E-state index in [2.05, 4.69) is 15.6 Å². The number of carbonyl (C=O) groups excluding carboxylic acids is 1. The number of thiazole rings is 1. The van der Waals surface area contributed by atoms with Crippen LogP contribution >= 0.6 is 35.3 Å². The molecule has 1 aromatic carbocycles. The van der Waals surface area contributed by atoms with Crippen LogP contribution < -0.4 is 10.6 Å².